The molecular formula is C31H22F2N4O4. The number of hydrogen-bond acceptors (Lipinski definition) is 6. The minimum atomic E-state index is -0.724. The number of aromatic hydroxyl groups is 1. The van der Waals surface area contributed by atoms with Crippen molar-refractivity contribution in [1.29, 1.82) is 0 Å². The molecule has 0 unspecified atom stereocenters. The third-order valence-electron chi connectivity index (χ3n) is 7.52. The number of pyridine rings is 2. The lowest BCUT2D eigenvalue weighted by Gasteiger charge is -2.23. The highest BCUT2D eigenvalue weighted by Gasteiger charge is 2.33. The number of benzene rings is 2. The Morgan fingerprint density at radius 3 is 2.66 bits per heavy atom. The van der Waals surface area contributed by atoms with Crippen LogP contribution in [0.15, 0.2) is 60.9 Å². The smallest absolute Gasteiger partial charge is 0.265 e. The highest BCUT2D eigenvalue weighted by molar-refractivity contribution is 6.10. The lowest BCUT2D eigenvalue weighted by molar-refractivity contribution is 0.0985. The Balaban J connectivity index is 1.31. The molecule has 2 aromatic carbocycles. The van der Waals surface area contributed by atoms with Gasteiger partial charge >= 0.3 is 0 Å². The van der Waals surface area contributed by atoms with Crippen LogP contribution in [0.1, 0.15) is 45.0 Å². The van der Waals surface area contributed by atoms with Gasteiger partial charge in [0, 0.05) is 35.0 Å². The van der Waals surface area contributed by atoms with Crippen molar-refractivity contribution < 1.29 is 28.2 Å². The molecule has 5 aromatic rings. The van der Waals surface area contributed by atoms with Gasteiger partial charge in [-0.2, -0.15) is 0 Å². The number of halogens is 2. The Kier molecular flexibility index (Phi) is 5.77. The molecule has 7 rings (SSSR count). The van der Waals surface area contributed by atoms with E-state index in [2.05, 4.69) is 15.0 Å². The van der Waals surface area contributed by atoms with Crippen molar-refractivity contribution in [2.24, 2.45) is 0 Å². The zero-order valence-electron chi connectivity index (χ0n) is 21.5. The van der Waals surface area contributed by atoms with Crippen LogP contribution in [0.3, 0.4) is 0 Å². The van der Waals surface area contributed by atoms with Crippen LogP contribution in [0.25, 0.3) is 33.5 Å². The fourth-order valence-electron chi connectivity index (χ4n) is 5.32. The molecule has 1 saturated carbocycles. The third-order valence-corrected chi connectivity index (χ3v) is 7.52. The molecular weight excluding hydrogens is 530 g/mol. The van der Waals surface area contributed by atoms with Crippen LogP contribution in [-0.4, -0.2) is 45.4 Å². The molecule has 0 spiro atoms. The summed E-state index contributed by atoms with van der Waals surface area (Å²) in [6, 6.07) is 12.0. The van der Waals surface area contributed by atoms with Crippen LogP contribution in [0, 0.1) is 11.6 Å². The van der Waals surface area contributed by atoms with E-state index >= 15 is 8.78 Å². The van der Waals surface area contributed by atoms with E-state index in [0.29, 0.717) is 39.8 Å². The molecule has 0 bridgehead atoms. The molecule has 0 saturated heterocycles. The molecule has 3 aromatic heterocycles. The lowest BCUT2D eigenvalue weighted by Crippen LogP contribution is -2.33. The zero-order chi connectivity index (χ0) is 28.2. The molecule has 41 heavy (non-hydrogen) atoms. The first-order chi connectivity index (χ1) is 19.9. The maximum atomic E-state index is 15.2. The number of carbonyl (C=O) groups excluding carboxylic acids is 2. The van der Waals surface area contributed by atoms with Crippen LogP contribution >= 0.6 is 0 Å². The second kappa shape index (κ2) is 9.51. The minimum absolute atomic E-state index is 0.0231. The fraction of sp³-hybridized carbons (Fsp3) is 0.161. The van der Waals surface area contributed by atoms with E-state index in [-0.39, 0.29) is 47.4 Å². The van der Waals surface area contributed by atoms with Crippen molar-refractivity contribution in [3.05, 3.63) is 89.2 Å². The highest BCUT2D eigenvalue weighted by atomic mass is 19.1. The van der Waals surface area contributed by atoms with Gasteiger partial charge in [0.2, 0.25) is 0 Å². The Morgan fingerprint density at radius 1 is 1.05 bits per heavy atom. The predicted octanol–water partition coefficient (Wildman–Crippen LogP) is 6.00. The molecule has 10 heteroatoms. The number of ether oxygens (including phenoxy) is 1. The number of carbonyl (C=O) groups is 2. The van der Waals surface area contributed by atoms with Gasteiger partial charge in [-0.1, -0.05) is 0 Å². The largest absolute Gasteiger partial charge is 0.505 e. The Morgan fingerprint density at radius 2 is 1.90 bits per heavy atom. The summed E-state index contributed by atoms with van der Waals surface area (Å²) in [6.45, 7) is 0.0127. The van der Waals surface area contributed by atoms with Crippen LogP contribution in [-0.2, 0) is 0 Å². The molecule has 1 aliphatic heterocycles. The van der Waals surface area contributed by atoms with Crippen molar-refractivity contribution in [2.45, 2.75) is 18.8 Å². The topological polar surface area (TPSA) is 108 Å². The number of anilines is 1. The van der Waals surface area contributed by atoms with Crippen molar-refractivity contribution in [2.75, 3.05) is 18.1 Å². The summed E-state index contributed by atoms with van der Waals surface area (Å²) in [5, 5.41) is 12.0. The number of amides is 1. The average Bonchev–Trinajstić information content (AvgIpc) is 3.76. The molecule has 8 nitrogen and oxygen atoms in total. The number of phenols is 1. The molecule has 1 amide bonds. The molecule has 1 fully saturated rings. The van der Waals surface area contributed by atoms with Gasteiger partial charge in [-0.05, 0) is 72.4 Å². The number of nitrogens with one attached hydrogen (secondary N) is 1. The second-order valence-corrected chi connectivity index (χ2v) is 10.2. The maximum absolute atomic E-state index is 15.2. The van der Waals surface area contributed by atoms with Crippen LogP contribution in [0.2, 0.25) is 0 Å². The first-order valence-corrected chi connectivity index (χ1v) is 13.1. The Hall–Kier alpha value is -5.12. The summed E-state index contributed by atoms with van der Waals surface area (Å²) in [7, 11) is 0. The number of fused-ring (bicyclic) bond motifs is 2. The van der Waals surface area contributed by atoms with Crippen molar-refractivity contribution in [3.63, 3.8) is 0 Å². The van der Waals surface area contributed by atoms with Crippen molar-refractivity contribution in [3.8, 4) is 34.0 Å². The van der Waals surface area contributed by atoms with E-state index in [1.165, 1.54) is 24.5 Å². The molecule has 2 aliphatic rings. The lowest BCUT2D eigenvalue weighted by atomic mass is 10.00. The normalized spacial score (nSPS) is 15.0. The molecule has 4 heterocycles. The fourth-order valence-corrected chi connectivity index (χ4v) is 5.32. The second-order valence-electron chi connectivity index (χ2n) is 10.2. The van der Waals surface area contributed by atoms with E-state index in [1.807, 2.05) is 0 Å². The number of H-pyrrole nitrogens is 1. The van der Waals surface area contributed by atoms with E-state index in [1.54, 1.807) is 30.3 Å². The van der Waals surface area contributed by atoms with Gasteiger partial charge in [0.15, 0.2) is 6.29 Å². The van der Waals surface area contributed by atoms with E-state index in [4.69, 9.17) is 4.74 Å². The monoisotopic (exact) mass is 552 g/mol. The predicted molar refractivity (Wildman–Crippen MR) is 147 cm³/mol. The Labute approximate surface area is 232 Å². The number of aromatic amines is 1. The van der Waals surface area contributed by atoms with Gasteiger partial charge < -0.3 is 19.7 Å². The van der Waals surface area contributed by atoms with Crippen LogP contribution in [0.4, 0.5) is 14.5 Å². The van der Waals surface area contributed by atoms with Gasteiger partial charge in [-0.3, -0.25) is 14.6 Å². The van der Waals surface area contributed by atoms with Gasteiger partial charge in [-0.25, -0.2) is 13.8 Å². The van der Waals surface area contributed by atoms with Gasteiger partial charge in [0.1, 0.15) is 41.0 Å². The first kappa shape index (κ1) is 24.9. The summed E-state index contributed by atoms with van der Waals surface area (Å²) < 4.78 is 36.1. The summed E-state index contributed by atoms with van der Waals surface area (Å²) in [5.41, 5.74) is 3.09. The molecule has 204 valence electrons. The number of aldehydes is 1. The average molecular weight is 553 g/mol. The number of rotatable bonds is 5. The standard InChI is InChI=1S/C31H22F2N4O4/c32-19-11-21(20-5-6-34-30-22(20)13-25(36-30)24-4-1-16(15-38)14-35-24)29(39)26(12-19)37-7-8-41-27-10-18(17-2-3-17)9-23(33)28(27)31(37)40/h1,4-6,9-15,17,39H,2-3,7-8H2,(H,34,36). The maximum Gasteiger partial charge on any atom is 0.265 e. The van der Waals surface area contributed by atoms with Gasteiger partial charge in [0.05, 0.1) is 23.6 Å². The van der Waals surface area contributed by atoms with Crippen LogP contribution < -0.4 is 9.64 Å². The third kappa shape index (κ3) is 4.28. The number of hydrogen-bond donors (Lipinski definition) is 2. The molecule has 1 aliphatic carbocycles. The van der Waals surface area contributed by atoms with E-state index < -0.39 is 17.5 Å². The van der Waals surface area contributed by atoms with Crippen molar-refractivity contribution >= 4 is 28.9 Å². The SMILES string of the molecule is O=Cc1ccc(-c2cc3c(-c4cc(F)cc(N5CCOc6cc(C7CC7)cc(F)c6C5=O)c4O)ccnc3[nH]2)nc1. The minimum Gasteiger partial charge on any atom is -0.505 e. The van der Waals surface area contributed by atoms with Gasteiger partial charge in [-0.15, -0.1) is 0 Å². The number of nitrogens with zero attached hydrogens (tertiary/aromatic N) is 3. The van der Waals surface area contributed by atoms with Gasteiger partial charge in [0.25, 0.3) is 5.91 Å². The van der Waals surface area contributed by atoms with Crippen LogP contribution in [0.5, 0.6) is 11.5 Å². The summed E-state index contributed by atoms with van der Waals surface area (Å²) in [4.78, 5) is 37.6. The number of phenolic OH excluding ortho intramolecular Hbond substituents is 1. The summed E-state index contributed by atoms with van der Waals surface area (Å²) in [5.74, 6) is -2.05. The molecule has 0 radical (unpaired) electrons. The molecule has 0 atom stereocenters. The van der Waals surface area contributed by atoms with E-state index in [0.717, 1.165) is 29.4 Å². The quantitative estimate of drug-likeness (QED) is 0.259. The van der Waals surface area contributed by atoms with Crippen molar-refractivity contribution in [1.82, 2.24) is 15.0 Å². The van der Waals surface area contributed by atoms with E-state index in [9.17, 15) is 14.7 Å². The number of aromatic nitrogens is 3. The molecule has 2 N–H and O–H groups in total. The first-order valence-electron chi connectivity index (χ1n) is 13.1. The highest BCUT2D eigenvalue weighted by Crippen LogP contribution is 2.45. The Bertz CT molecular complexity index is 1870. The zero-order valence-corrected chi connectivity index (χ0v) is 21.5. The summed E-state index contributed by atoms with van der Waals surface area (Å²) in [6.07, 6.45) is 5.59. The summed E-state index contributed by atoms with van der Waals surface area (Å²) >= 11 is 0.